The zero-order chi connectivity index (χ0) is 16.6. The third-order valence-corrected chi connectivity index (χ3v) is 4.40. The lowest BCUT2D eigenvalue weighted by atomic mass is 10.1. The van der Waals surface area contributed by atoms with Crippen molar-refractivity contribution < 1.29 is 9.47 Å². The number of rotatable bonds is 4. The van der Waals surface area contributed by atoms with Gasteiger partial charge in [-0.05, 0) is 13.0 Å². The van der Waals surface area contributed by atoms with Gasteiger partial charge in [-0.15, -0.1) is 0 Å². The molecule has 0 N–H and O–H groups in total. The predicted octanol–water partition coefficient (Wildman–Crippen LogP) is 3.76. The number of fused-ring (bicyclic) bond motifs is 1. The van der Waals surface area contributed by atoms with Crippen LogP contribution >= 0.6 is 23.2 Å². The van der Waals surface area contributed by atoms with Crippen molar-refractivity contribution in [3.05, 3.63) is 40.4 Å². The normalized spacial score (nSPS) is 12.4. The fraction of sp³-hybridized carbons (Fsp3) is 0.267. The molecule has 0 aliphatic rings. The van der Waals surface area contributed by atoms with Crippen molar-refractivity contribution in [2.24, 2.45) is 0 Å². The summed E-state index contributed by atoms with van der Waals surface area (Å²) >= 11 is 12.7. The van der Waals surface area contributed by atoms with E-state index in [0.717, 1.165) is 5.56 Å². The third kappa shape index (κ3) is 2.68. The van der Waals surface area contributed by atoms with E-state index in [0.29, 0.717) is 27.0 Å². The standard InChI is InChI=1S/C15H14Cl2N4O2/c1-8(21-5-4-18-7-21)11-12(17)9(16)6-10-13(11)20-15(23-3)14(19-10)22-2/h4-8H,1-3H3. The van der Waals surface area contributed by atoms with E-state index in [1.165, 1.54) is 14.2 Å². The number of halogens is 2. The van der Waals surface area contributed by atoms with Gasteiger partial charge in [-0.2, -0.15) is 0 Å². The quantitative estimate of drug-likeness (QED) is 0.715. The van der Waals surface area contributed by atoms with Crippen LogP contribution in [-0.2, 0) is 0 Å². The van der Waals surface area contributed by atoms with Gasteiger partial charge in [-0.1, -0.05) is 23.2 Å². The van der Waals surface area contributed by atoms with Gasteiger partial charge in [0, 0.05) is 18.0 Å². The van der Waals surface area contributed by atoms with Crippen molar-refractivity contribution >= 4 is 34.2 Å². The van der Waals surface area contributed by atoms with Crippen LogP contribution in [-0.4, -0.2) is 33.7 Å². The van der Waals surface area contributed by atoms with Crippen molar-refractivity contribution in [3.63, 3.8) is 0 Å². The molecule has 23 heavy (non-hydrogen) atoms. The van der Waals surface area contributed by atoms with Gasteiger partial charge in [0.25, 0.3) is 11.8 Å². The molecule has 6 nitrogen and oxygen atoms in total. The Balaban J connectivity index is 2.32. The van der Waals surface area contributed by atoms with Gasteiger partial charge in [0.15, 0.2) is 0 Å². The summed E-state index contributed by atoms with van der Waals surface area (Å²) in [4.78, 5) is 13.0. The molecule has 1 unspecified atom stereocenters. The van der Waals surface area contributed by atoms with Crippen LogP contribution in [0.15, 0.2) is 24.8 Å². The van der Waals surface area contributed by atoms with E-state index in [9.17, 15) is 0 Å². The minimum absolute atomic E-state index is 0.126. The fourth-order valence-corrected chi connectivity index (χ4v) is 2.93. The van der Waals surface area contributed by atoms with Crippen LogP contribution in [0.1, 0.15) is 18.5 Å². The minimum atomic E-state index is -0.126. The summed E-state index contributed by atoms with van der Waals surface area (Å²) in [5, 5.41) is 0.838. The molecule has 8 heteroatoms. The molecule has 0 saturated carbocycles. The van der Waals surface area contributed by atoms with E-state index in [2.05, 4.69) is 15.0 Å². The first-order valence-electron chi connectivity index (χ1n) is 6.81. The van der Waals surface area contributed by atoms with Crippen molar-refractivity contribution in [1.82, 2.24) is 19.5 Å². The Kier molecular flexibility index (Phi) is 4.28. The monoisotopic (exact) mass is 352 g/mol. The van der Waals surface area contributed by atoms with E-state index < -0.39 is 0 Å². The Morgan fingerprint density at radius 1 is 1.13 bits per heavy atom. The number of hydrogen-bond donors (Lipinski definition) is 0. The SMILES string of the molecule is COc1nc2cc(Cl)c(Cl)c(C(C)n3ccnc3)c2nc1OC. The molecule has 0 bridgehead atoms. The largest absolute Gasteiger partial charge is 0.477 e. The predicted molar refractivity (Wildman–Crippen MR) is 88.7 cm³/mol. The van der Waals surface area contributed by atoms with Crippen LogP contribution in [0.25, 0.3) is 11.0 Å². The Labute approximate surface area is 143 Å². The van der Waals surface area contributed by atoms with Crippen LogP contribution in [0.5, 0.6) is 11.8 Å². The van der Waals surface area contributed by atoms with Crippen LogP contribution < -0.4 is 9.47 Å². The average Bonchev–Trinajstić information content (AvgIpc) is 3.09. The summed E-state index contributed by atoms with van der Waals surface area (Å²) in [5.74, 6) is 0.581. The topological polar surface area (TPSA) is 62.1 Å². The lowest BCUT2D eigenvalue weighted by Crippen LogP contribution is -2.08. The van der Waals surface area contributed by atoms with Crippen molar-refractivity contribution in [3.8, 4) is 11.8 Å². The summed E-state index contributed by atoms with van der Waals surface area (Å²) in [6.07, 6.45) is 5.26. The van der Waals surface area contributed by atoms with Crippen molar-refractivity contribution in [2.75, 3.05) is 14.2 Å². The molecule has 0 spiro atoms. The van der Waals surface area contributed by atoms with Gasteiger partial charge < -0.3 is 14.0 Å². The van der Waals surface area contributed by atoms with Gasteiger partial charge in [-0.25, -0.2) is 15.0 Å². The minimum Gasteiger partial charge on any atom is -0.477 e. The molecule has 0 radical (unpaired) electrons. The maximum Gasteiger partial charge on any atom is 0.278 e. The van der Waals surface area contributed by atoms with Crippen LogP contribution in [0.2, 0.25) is 10.0 Å². The Hall–Kier alpha value is -2.05. The highest BCUT2D eigenvalue weighted by atomic mass is 35.5. The maximum atomic E-state index is 6.45. The average molecular weight is 353 g/mol. The van der Waals surface area contributed by atoms with Crippen molar-refractivity contribution in [1.29, 1.82) is 0 Å². The first kappa shape index (κ1) is 15.8. The van der Waals surface area contributed by atoms with Gasteiger partial charge in [0.2, 0.25) is 0 Å². The molecular weight excluding hydrogens is 339 g/mol. The van der Waals surface area contributed by atoms with E-state index in [1.54, 1.807) is 18.6 Å². The lowest BCUT2D eigenvalue weighted by molar-refractivity contribution is 0.334. The highest BCUT2D eigenvalue weighted by Gasteiger charge is 2.22. The molecule has 1 aromatic carbocycles. The molecule has 0 saturated heterocycles. The van der Waals surface area contributed by atoms with Gasteiger partial charge in [-0.3, -0.25) is 0 Å². The van der Waals surface area contributed by atoms with E-state index in [1.807, 2.05) is 17.7 Å². The number of imidazole rings is 1. The fourth-order valence-electron chi connectivity index (χ4n) is 2.43. The second-order valence-electron chi connectivity index (χ2n) is 4.88. The molecule has 0 aliphatic carbocycles. The zero-order valence-corrected chi connectivity index (χ0v) is 14.3. The first-order valence-corrected chi connectivity index (χ1v) is 7.57. The highest BCUT2D eigenvalue weighted by molar-refractivity contribution is 6.43. The van der Waals surface area contributed by atoms with Gasteiger partial charge >= 0.3 is 0 Å². The van der Waals surface area contributed by atoms with E-state index in [4.69, 9.17) is 32.7 Å². The maximum absolute atomic E-state index is 6.45. The highest BCUT2D eigenvalue weighted by Crippen LogP contribution is 2.38. The second kappa shape index (κ2) is 6.22. The molecule has 0 amide bonds. The molecule has 2 aromatic heterocycles. The molecule has 3 rings (SSSR count). The third-order valence-electron chi connectivity index (χ3n) is 3.60. The van der Waals surface area contributed by atoms with Crippen molar-refractivity contribution in [2.45, 2.75) is 13.0 Å². The zero-order valence-electron chi connectivity index (χ0n) is 12.7. The number of nitrogens with zero attached hydrogens (tertiary/aromatic N) is 4. The summed E-state index contributed by atoms with van der Waals surface area (Å²) in [7, 11) is 3.01. The molecule has 3 aromatic rings. The van der Waals surface area contributed by atoms with Crippen LogP contribution in [0.4, 0.5) is 0 Å². The van der Waals surface area contributed by atoms with E-state index in [-0.39, 0.29) is 11.9 Å². The van der Waals surface area contributed by atoms with Crippen LogP contribution in [0, 0.1) is 0 Å². The lowest BCUT2D eigenvalue weighted by Gasteiger charge is -2.18. The summed E-state index contributed by atoms with van der Waals surface area (Å²) < 4.78 is 12.4. The molecule has 120 valence electrons. The smallest absolute Gasteiger partial charge is 0.278 e. The second-order valence-corrected chi connectivity index (χ2v) is 5.67. The summed E-state index contributed by atoms with van der Waals surface area (Å²) in [6.45, 7) is 1.98. The first-order chi connectivity index (χ1) is 11.1. The van der Waals surface area contributed by atoms with E-state index >= 15 is 0 Å². The molecule has 0 fully saturated rings. The Bertz CT molecular complexity index is 853. The Morgan fingerprint density at radius 3 is 2.43 bits per heavy atom. The number of hydrogen-bond acceptors (Lipinski definition) is 5. The molecule has 1 atom stereocenters. The van der Waals surface area contributed by atoms with Crippen LogP contribution in [0.3, 0.4) is 0 Å². The number of ether oxygens (including phenoxy) is 2. The number of methoxy groups -OCH3 is 2. The molecular formula is C15H14Cl2N4O2. The number of benzene rings is 1. The summed E-state index contributed by atoms with van der Waals surface area (Å²) in [5.41, 5.74) is 1.94. The Morgan fingerprint density at radius 2 is 1.83 bits per heavy atom. The molecule has 2 heterocycles. The summed E-state index contributed by atoms with van der Waals surface area (Å²) in [6, 6.07) is 1.54. The van der Waals surface area contributed by atoms with Gasteiger partial charge in [0.1, 0.15) is 0 Å². The van der Waals surface area contributed by atoms with Gasteiger partial charge in [0.05, 0.1) is 47.7 Å². The molecule has 0 aliphatic heterocycles. The number of aromatic nitrogens is 4.